The van der Waals surface area contributed by atoms with Crippen LogP contribution in [0.15, 0.2) is 12.1 Å². The molecule has 1 atom stereocenters. The van der Waals surface area contributed by atoms with Gasteiger partial charge < -0.3 is 14.7 Å². The summed E-state index contributed by atoms with van der Waals surface area (Å²) in [7, 11) is 3.78. The van der Waals surface area contributed by atoms with E-state index in [0.717, 1.165) is 32.7 Å². The van der Waals surface area contributed by atoms with Gasteiger partial charge in [-0.05, 0) is 57.5 Å². The normalized spacial score (nSPS) is 24.0. The van der Waals surface area contributed by atoms with E-state index in [0.29, 0.717) is 31.1 Å². The molecule has 1 N–H and O–H groups in total. The Morgan fingerprint density at radius 2 is 1.62 bits per heavy atom. The number of rotatable bonds is 5. The van der Waals surface area contributed by atoms with Gasteiger partial charge in [0.1, 0.15) is 11.7 Å². The van der Waals surface area contributed by atoms with E-state index >= 15 is 8.78 Å². The maximum atomic E-state index is 15.0. The third-order valence-electron chi connectivity index (χ3n) is 7.13. The molecule has 9 heteroatoms. The zero-order valence-corrected chi connectivity index (χ0v) is 18.9. The maximum Gasteiger partial charge on any atom is 0.249 e. The van der Waals surface area contributed by atoms with Crippen LogP contribution in [0.25, 0.3) is 0 Å². The number of hydrogen-bond acceptors (Lipinski definition) is 6. The summed E-state index contributed by atoms with van der Waals surface area (Å²) in [5, 5.41) is 2.29. The lowest BCUT2D eigenvalue weighted by molar-refractivity contribution is -0.134. The van der Waals surface area contributed by atoms with Gasteiger partial charge in [0, 0.05) is 51.9 Å². The monoisotopic (exact) mass is 449 g/mol. The number of likely N-dealkylation sites (N-methyl/N-ethyl adjacent to an activating group) is 1. The van der Waals surface area contributed by atoms with Crippen molar-refractivity contribution in [2.45, 2.75) is 31.7 Å². The van der Waals surface area contributed by atoms with Crippen molar-refractivity contribution in [3.05, 3.63) is 23.8 Å². The van der Waals surface area contributed by atoms with E-state index in [2.05, 4.69) is 22.2 Å². The molecule has 32 heavy (non-hydrogen) atoms. The number of benzene rings is 1. The average molecular weight is 450 g/mol. The number of nitrogens with one attached hydrogen (secondary N) is 1. The Morgan fingerprint density at radius 1 is 1.00 bits per heavy atom. The molecular formula is C23H33F2N5O2. The highest BCUT2D eigenvalue weighted by Gasteiger charge is 2.31. The number of carbonyl (C=O) groups is 2. The largest absolute Gasteiger partial charge is 0.364 e. The van der Waals surface area contributed by atoms with Crippen LogP contribution in [0.2, 0.25) is 0 Å². The van der Waals surface area contributed by atoms with E-state index < -0.39 is 23.6 Å². The molecule has 3 heterocycles. The molecule has 3 aliphatic heterocycles. The van der Waals surface area contributed by atoms with Gasteiger partial charge in [0.25, 0.3) is 0 Å². The van der Waals surface area contributed by atoms with Crippen molar-refractivity contribution in [1.29, 1.82) is 0 Å². The number of nitrogens with zero attached hydrogens (tertiary/aromatic N) is 4. The molecule has 3 aliphatic rings. The Bertz CT molecular complexity index is 828. The second kappa shape index (κ2) is 9.70. The van der Waals surface area contributed by atoms with E-state index in [1.54, 1.807) is 11.9 Å². The summed E-state index contributed by atoms with van der Waals surface area (Å²) < 4.78 is 30.0. The summed E-state index contributed by atoms with van der Waals surface area (Å²) in [4.78, 5) is 31.6. The fraction of sp³-hybridized carbons (Fsp3) is 0.652. The van der Waals surface area contributed by atoms with E-state index in [1.165, 1.54) is 29.9 Å². The first-order chi connectivity index (χ1) is 15.3. The van der Waals surface area contributed by atoms with Gasteiger partial charge in [0.05, 0.1) is 0 Å². The molecule has 1 aromatic rings. The fourth-order valence-corrected chi connectivity index (χ4v) is 5.05. The molecule has 3 saturated heterocycles. The number of carbonyl (C=O) groups excluding carboxylic acids is 2. The molecular weight excluding hydrogens is 416 g/mol. The number of imide groups is 1. The van der Waals surface area contributed by atoms with E-state index in [-0.39, 0.29) is 18.0 Å². The van der Waals surface area contributed by atoms with Crippen LogP contribution >= 0.6 is 0 Å². The number of amides is 2. The van der Waals surface area contributed by atoms with Crippen LogP contribution in [-0.4, -0.2) is 87.6 Å². The van der Waals surface area contributed by atoms with Gasteiger partial charge in [0.15, 0.2) is 11.6 Å². The van der Waals surface area contributed by atoms with Crippen molar-refractivity contribution >= 4 is 23.2 Å². The molecule has 1 aromatic carbocycles. The lowest BCUT2D eigenvalue weighted by Gasteiger charge is -2.39. The Hall–Kier alpha value is -2.26. The molecule has 1 unspecified atom stereocenters. The van der Waals surface area contributed by atoms with Crippen LogP contribution < -0.4 is 15.1 Å². The molecule has 3 fully saturated rings. The molecule has 0 bridgehead atoms. The van der Waals surface area contributed by atoms with Crippen LogP contribution in [-0.2, 0) is 9.59 Å². The number of piperidine rings is 2. The Morgan fingerprint density at radius 3 is 2.22 bits per heavy atom. The lowest BCUT2D eigenvalue weighted by Crippen LogP contribution is -2.51. The molecule has 0 aliphatic carbocycles. The van der Waals surface area contributed by atoms with Crippen molar-refractivity contribution in [1.82, 2.24) is 15.1 Å². The van der Waals surface area contributed by atoms with Gasteiger partial charge in [-0.25, -0.2) is 8.78 Å². The minimum Gasteiger partial charge on any atom is -0.364 e. The summed E-state index contributed by atoms with van der Waals surface area (Å²) in [5.41, 5.74) is 0.295. The first-order valence-corrected chi connectivity index (χ1v) is 11.5. The number of hydrogen-bond donors (Lipinski definition) is 1. The van der Waals surface area contributed by atoms with Gasteiger partial charge >= 0.3 is 0 Å². The summed E-state index contributed by atoms with van der Waals surface area (Å²) in [6.07, 6.45) is 2.96. The standard InChI is InChI=1S/C23H33F2N5O2/c1-27-7-5-16(6-8-27)15-29-9-11-30(12-10-29)22-18(24)13-17(14-19(22)25)28(2)20-3-4-21(31)26-23(20)32/h13-14,16,20H,3-12,15H2,1-2H3,(H,26,31,32). The first kappa shape index (κ1) is 22.9. The van der Waals surface area contributed by atoms with E-state index in [4.69, 9.17) is 0 Å². The minimum atomic E-state index is -0.625. The zero-order valence-electron chi connectivity index (χ0n) is 18.9. The number of piperazine rings is 1. The quantitative estimate of drug-likeness (QED) is 0.691. The van der Waals surface area contributed by atoms with Crippen LogP contribution in [0.1, 0.15) is 25.7 Å². The zero-order chi connectivity index (χ0) is 22.8. The maximum absolute atomic E-state index is 15.0. The van der Waals surface area contributed by atoms with Crippen LogP contribution in [0.5, 0.6) is 0 Å². The van der Waals surface area contributed by atoms with E-state index in [9.17, 15) is 9.59 Å². The Kier molecular flexibility index (Phi) is 6.95. The second-order valence-electron chi connectivity index (χ2n) is 9.37. The van der Waals surface area contributed by atoms with Crippen molar-refractivity contribution in [2.75, 3.05) is 69.7 Å². The molecule has 0 aromatic heterocycles. The summed E-state index contributed by atoms with van der Waals surface area (Å²) in [6.45, 7) is 6.10. The number of anilines is 2. The van der Waals surface area contributed by atoms with Crippen molar-refractivity contribution in [3.63, 3.8) is 0 Å². The highest BCUT2D eigenvalue weighted by atomic mass is 19.1. The predicted octanol–water partition coefficient (Wildman–Crippen LogP) is 1.67. The Labute approximate surface area is 188 Å². The van der Waals surface area contributed by atoms with Gasteiger partial charge in [-0.3, -0.25) is 19.8 Å². The summed E-state index contributed by atoms with van der Waals surface area (Å²) in [5.74, 6) is -1.30. The van der Waals surface area contributed by atoms with Gasteiger partial charge in [-0.15, -0.1) is 0 Å². The van der Waals surface area contributed by atoms with Crippen LogP contribution in [0, 0.1) is 17.6 Å². The van der Waals surface area contributed by atoms with Gasteiger partial charge in [0.2, 0.25) is 11.8 Å². The smallest absolute Gasteiger partial charge is 0.249 e. The Balaban J connectivity index is 1.37. The van der Waals surface area contributed by atoms with Crippen LogP contribution in [0.3, 0.4) is 0 Å². The van der Waals surface area contributed by atoms with Crippen molar-refractivity contribution < 1.29 is 18.4 Å². The van der Waals surface area contributed by atoms with Crippen molar-refractivity contribution in [3.8, 4) is 0 Å². The third kappa shape index (κ3) is 5.04. The van der Waals surface area contributed by atoms with E-state index in [1.807, 2.05) is 0 Å². The van der Waals surface area contributed by atoms with Gasteiger partial charge in [-0.2, -0.15) is 0 Å². The second-order valence-corrected chi connectivity index (χ2v) is 9.37. The molecule has 0 radical (unpaired) electrons. The highest BCUT2D eigenvalue weighted by Crippen LogP contribution is 2.31. The fourth-order valence-electron chi connectivity index (χ4n) is 5.05. The first-order valence-electron chi connectivity index (χ1n) is 11.5. The van der Waals surface area contributed by atoms with Gasteiger partial charge in [-0.1, -0.05) is 0 Å². The molecule has 7 nitrogen and oxygen atoms in total. The molecule has 0 saturated carbocycles. The molecule has 2 amide bonds. The number of likely N-dealkylation sites (tertiary alicyclic amines) is 1. The van der Waals surface area contributed by atoms with Crippen molar-refractivity contribution in [2.24, 2.45) is 5.92 Å². The average Bonchev–Trinajstić information content (AvgIpc) is 2.75. The summed E-state index contributed by atoms with van der Waals surface area (Å²) >= 11 is 0. The molecule has 0 spiro atoms. The number of halogens is 2. The summed E-state index contributed by atoms with van der Waals surface area (Å²) in [6, 6.07) is 1.94. The third-order valence-corrected chi connectivity index (χ3v) is 7.13. The topological polar surface area (TPSA) is 59.1 Å². The lowest BCUT2D eigenvalue weighted by atomic mass is 9.96. The predicted molar refractivity (Wildman–Crippen MR) is 120 cm³/mol. The molecule has 4 rings (SSSR count). The SMILES string of the molecule is CN1CCC(CN2CCN(c3c(F)cc(N(C)C4CCC(=O)NC4=O)cc3F)CC2)CC1. The highest BCUT2D eigenvalue weighted by molar-refractivity contribution is 6.01. The van der Waals surface area contributed by atoms with Crippen LogP contribution in [0.4, 0.5) is 20.2 Å². The molecule has 176 valence electrons. The minimum absolute atomic E-state index is 0.00404.